The lowest BCUT2D eigenvalue weighted by atomic mass is 10.1. The quantitative estimate of drug-likeness (QED) is 0.561. The lowest BCUT2D eigenvalue weighted by molar-refractivity contribution is -0.121. The number of amides is 1. The maximum Gasteiger partial charge on any atom is 0.220 e. The van der Waals surface area contributed by atoms with Crippen molar-refractivity contribution in [2.24, 2.45) is 0 Å². The molecule has 5 heteroatoms. The molecule has 0 aliphatic rings. The van der Waals surface area contributed by atoms with Gasteiger partial charge >= 0.3 is 0 Å². The van der Waals surface area contributed by atoms with E-state index in [9.17, 15) is 4.79 Å². The monoisotopic (exact) mass is 365 g/mol. The van der Waals surface area contributed by atoms with Crippen LogP contribution in [-0.4, -0.2) is 35.2 Å². The molecule has 142 valence electrons. The Morgan fingerprint density at radius 3 is 2.67 bits per heavy atom. The van der Waals surface area contributed by atoms with E-state index >= 15 is 0 Å². The van der Waals surface area contributed by atoms with Crippen LogP contribution in [0.15, 0.2) is 54.6 Å². The average molecular weight is 365 g/mol. The van der Waals surface area contributed by atoms with Crippen molar-refractivity contribution in [3.8, 4) is 0 Å². The van der Waals surface area contributed by atoms with Crippen LogP contribution in [-0.2, 0) is 28.9 Å². The first-order chi connectivity index (χ1) is 13.3. The first kappa shape index (κ1) is 19.1. The summed E-state index contributed by atoms with van der Waals surface area (Å²) in [5.74, 6) is 1.06. The zero-order valence-electron chi connectivity index (χ0n) is 15.9. The maximum atomic E-state index is 12.1. The summed E-state index contributed by atoms with van der Waals surface area (Å²) in [4.78, 5) is 16.9. The van der Waals surface area contributed by atoms with Gasteiger partial charge in [0.15, 0.2) is 0 Å². The number of imidazole rings is 1. The number of hydrogen-bond donors (Lipinski definition) is 1. The van der Waals surface area contributed by atoms with Crippen LogP contribution in [0.25, 0.3) is 11.0 Å². The number of fused-ring (bicyclic) bond motifs is 1. The van der Waals surface area contributed by atoms with Gasteiger partial charge in [0.2, 0.25) is 5.91 Å². The van der Waals surface area contributed by atoms with Gasteiger partial charge in [-0.05, 0) is 31.0 Å². The molecule has 1 aromatic heterocycles. The number of aromatic nitrogens is 2. The van der Waals surface area contributed by atoms with Crippen LogP contribution in [0, 0.1) is 0 Å². The zero-order chi connectivity index (χ0) is 18.9. The number of carbonyl (C=O) groups is 1. The Balaban J connectivity index is 1.54. The molecule has 0 fully saturated rings. The Labute approximate surface area is 160 Å². The summed E-state index contributed by atoms with van der Waals surface area (Å²) in [6.45, 7) is 4.72. The summed E-state index contributed by atoms with van der Waals surface area (Å²) in [7, 11) is 0. The summed E-state index contributed by atoms with van der Waals surface area (Å²) in [6.07, 6.45) is 1.97. The normalized spacial score (nSPS) is 11.0. The Morgan fingerprint density at radius 1 is 1.07 bits per heavy atom. The minimum absolute atomic E-state index is 0.0795. The number of para-hydroxylation sites is 2. The molecule has 0 unspecified atom stereocenters. The van der Waals surface area contributed by atoms with Crippen molar-refractivity contribution in [2.75, 3.05) is 19.8 Å². The van der Waals surface area contributed by atoms with E-state index < -0.39 is 0 Å². The summed E-state index contributed by atoms with van der Waals surface area (Å²) >= 11 is 0. The van der Waals surface area contributed by atoms with Gasteiger partial charge in [0.25, 0.3) is 0 Å². The third-order valence-electron chi connectivity index (χ3n) is 4.55. The summed E-state index contributed by atoms with van der Waals surface area (Å²) in [6, 6.07) is 18.2. The van der Waals surface area contributed by atoms with Crippen LogP contribution in [0.1, 0.15) is 24.7 Å². The summed E-state index contributed by atoms with van der Waals surface area (Å²) in [5, 5.41) is 3.02. The average Bonchev–Trinajstić information content (AvgIpc) is 3.05. The van der Waals surface area contributed by atoms with Crippen molar-refractivity contribution in [1.82, 2.24) is 14.9 Å². The third kappa shape index (κ3) is 5.41. The molecule has 0 saturated heterocycles. The number of nitrogens with one attached hydrogen (secondary N) is 1. The van der Waals surface area contributed by atoms with E-state index in [1.54, 1.807) is 0 Å². The molecule has 1 heterocycles. The van der Waals surface area contributed by atoms with Crippen molar-refractivity contribution >= 4 is 16.9 Å². The molecule has 0 bridgehead atoms. The van der Waals surface area contributed by atoms with Crippen molar-refractivity contribution in [1.29, 1.82) is 0 Å². The van der Waals surface area contributed by atoms with Crippen molar-refractivity contribution in [3.05, 3.63) is 66.0 Å². The number of rotatable bonds is 10. The lowest BCUT2D eigenvalue weighted by Crippen LogP contribution is -2.26. The molecule has 0 aliphatic carbocycles. The van der Waals surface area contributed by atoms with Gasteiger partial charge in [-0.2, -0.15) is 0 Å². The van der Waals surface area contributed by atoms with Gasteiger partial charge in [0.1, 0.15) is 5.82 Å². The number of benzene rings is 2. The molecule has 3 rings (SSSR count). The minimum Gasteiger partial charge on any atom is -0.380 e. The fraction of sp³-hybridized carbons (Fsp3) is 0.364. The second kappa shape index (κ2) is 9.88. The van der Waals surface area contributed by atoms with Crippen LogP contribution in [0.5, 0.6) is 0 Å². The highest BCUT2D eigenvalue weighted by molar-refractivity contribution is 5.77. The molecule has 0 aliphatic heterocycles. The molecule has 0 atom stereocenters. The van der Waals surface area contributed by atoms with E-state index in [4.69, 9.17) is 9.72 Å². The highest BCUT2D eigenvalue weighted by atomic mass is 16.5. The van der Waals surface area contributed by atoms with Crippen molar-refractivity contribution in [3.63, 3.8) is 0 Å². The molecule has 1 N–H and O–H groups in total. The summed E-state index contributed by atoms with van der Waals surface area (Å²) < 4.78 is 7.70. The van der Waals surface area contributed by atoms with Crippen LogP contribution >= 0.6 is 0 Å². The predicted molar refractivity (Wildman–Crippen MR) is 108 cm³/mol. The van der Waals surface area contributed by atoms with E-state index in [1.165, 1.54) is 5.56 Å². The molecule has 0 saturated carbocycles. The second-order valence-corrected chi connectivity index (χ2v) is 6.45. The van der Waals surface area contributed by atoms with Crippen LogP contribution in [0.3, 0.4) is 0 Å². The third-order valence-corrected chi connectivity index (χ3v) is 4.55. The molecular weight excluding hydrogens is 338 g/mol. The second-order valence-electron chi connectivity index (χ2n) is 6.45. The smallest absolute Gasteiger partial charge is 0.220 e. The zero-order valence-corrected chi connectivity index (χ0v) is 15.9. The fourth-order valence-electron chi connectivity index (χ4n) is 3.17. The largest absolute Gasteiger partial charge is 0.380 e. The van der Waals surface area contributed by atoms with E-state index in [2.05, 4.69) is 16.0 Å². The summed E-state index contributed by atoms with van der Waals surface area (Å²) in [5.41, 5.74) is 3.28. The first-order valence-corrected chi connectivity index (χ1v) is 9.60. The molecule has 0 radical (unpaired) electrons. The Morgan fingerprint density at radius 2 is 1.85 bits per heavy atom. The van der Waals surface area contributed by atoms with E-state index in [0.29, 0.717) is 32.6 Å². The highest BCUT2D eigenvalue weighted by Crippen LogP contribution is 2.16. The number of hydrogen-bond acceptors (Lipinski definition) is 3. The van der Waals surface area contributed by atoms with Gasteiger partial charge in [-0.3, -0.25) is 4.79 Å². The number of carbonyl (C=O) groups excluding carboxylic acids is 1. The SMILES string of the molecule is CCOCCn1c(CCNC(=O)CCc2ccccc2)nc2ccccc21. The van der Waals surface area contributed by atoms with Gasteiger partial charge in [0, 0.05) is 32.5 Å². The van der Waals surface area contributed by atoms with Crippen molar-refractivity contribution < 1.29 is 9.53 Å². The lowest BCUT2D eigenvalue weighted by Gasteiger charge is -2.10. The number of ether oxygens (including phenoxy) is 1. The van der Waals surface area contributed by atoms with Crippen LogP contribution < -0.4 is 5.32 Å². The van der Waals surface area contributed by atoms with E-state index in [0.717, 1.165) is 29.8 Å². The topological polar surface area (TPSA) is 56.1 Å². The van der Waals surface area contributed by atoms with Crippen molar-refractivity contribution in [2.45, 2.75) is 32.7 Å². The van der Waals surface area contributed by atoms with E-state index in [1.807, 2.05) is 55.5 Å². The van der Waals surface area contributed by atoms with Gasteiger partial charge in [-0.15, -0.1) is 0 Å². The predicted octanol–water partition coefficient (Wildman–Crippen LogP) is 3.36. The van der Waals surface area contributed by atoms with Gasteiger partial charge in [-0.25, -0.2) is 4.98 Å². The number of aryl methyl sites for hydroxylation is 1. The Kier molecular flexibility index (Phi) is 6.99. The van der Waals surface area contributed by atoms with Gasteiger partial charge in [-0.1, -0.05) is 42.5 Å². The Hall–Kier alpha value is -2.66. The standard InChI is InChI=1S/C22H27N3O2/c1-2-27-17-16-25-20-11-7-6-10-19(20)24-21(25)14-15-23-22(26)13-12-18-8-4-3-5-9-18/h3-11H,2,12-17H2,1H3,(H,23,26). The molecule has 2 aromatic carbocycles. The molecule has 1 amide bonds. The highest BCUT2D eigenvalue weighted by Gasteiger charge is 2.10. The maximum absolute atomic E-state index is 12.1. The van der Waals surface area contributed by atoms with E-state index in [-0.39, 0.29) is 5.91 Å². The van der Waals surface area contributed by atoms with Gasteiger partial charge < -0.3 is 14.6 Å². The van der Waals surface area contributed by atoms with Gasteiger partial charge in [0.05, 0.1) is 17.6 Å². The molecule has 5 nitrogen and oxygen atoms in total. The van der Waals surface area contributed by atoms with Crippen LogP contribution in [0.2, 0.25) is 0 Å². The molecular formula is C22H27N3O2. The molecule has 3 aromatic rings. The first-order valence-electron chi connectivity index (χ1n) is 9.60. The number of nitrogens with zero attached hydrogens (tertiary/aromatic N) is 2. The molecule has 0 spiro atoms. The minimum atomic E-state index is 0.0795. The Bertz CT molecular complexity index is 858. The fourth-order valence-corrected chi connectivity index (χ4v) is 3.17. The van der Waals surface area contributed by atoms with Crippen LogP contribution in [0.4, 0.5) is 0 Å². The molecule has 27 heavy (non-hydrogen) atoms.